The first-order valence-electron chi connectivity index (χ1n) is 18.8. The third-order valence-electron chi connectivity index (χ3n) is 11.0. The van der Waals surface area contributed by atoms with Gasteiger partial charge in [0.05, 0.1) is 16.7 Å². The summed E-state index contributed by atoms with van der Waals surface area (Å²) in [4.78, 5) is 2.40. The quantitative estimate of drug-likeness (QED) is 0.166. The second kappa shape index (κ2) is 12.9. The van der Waals surface area contributed by atoms with Crippen molar-refractivity contribution in [2.45, 2.75) is 0 Å². The third-order valence-corrected chi connectivity index (χ3v) is 12.1. The maximum Gasteiger partial charge on any atom is 0.0548 e. The van der Waals surface area contributed by atoms with Gasteiger partial charge in [0.1, 0.15) is 0 Å². The van der Waals surface area contributed by atoms with Crippen LogP contribution in [0.15, 0.2) is 206 Å². The van der Waals surface area contributed by atoms with E-state index in [2.05, 4.69) is 216 Å². The SMILES string of the molecule is c1ccc(-c2ccc(N(c3ccc(-c4ccccc4)cc3)c3ccc4c(c3)c3c5c(ccc3n4-c3cccc4ccccc34)sc3ccccc35)cc2)cc1. The Balaban J connectivity index is 1.17. The van der Waals surface area contributed by atoms with Crippen LogP contribution in [0.25, 0.3) is 80.7 Å². The van der Waals surface area contributed by atoms with E-state index >= 15 is 0 Å². The van der Waals surface area contributed by atoms with Crippen molar-refractivity contribution >= 4 is 81.1 Å². The molecule has 55 heavy (non-hydrogen) atoms. The second-order valence-corrected chi connectivity index (χ2v) is 15.2. The Morgan fingerprint density at radius 2 is 0.891 bits per heavy atom. The highest BCUT2D eigenvalue weighted by Gasteiger charge is 2.21. The number of hydrogen-bond donors (Lipinski definition) is 0. The van der Waals surface area contributed by atoms with E-state index < -0.39 is 0 Å². The van der Waals surface area contributed by atoms with Crippen molar-refractivity contribution in [1.82, 2.24) is 4.57 Å². The zero-order valence-electron chi connectivity index (χ0n) is 29.9. The Labute approximate surface area is 323 Å². The van der Waals surface area contributed by atoms with Crippen LogP contribution in [0.1, 0.15) is 0 Å². The van der Waals surface area contributed by atoms with E-state index in [1.54, 1.807) is 0 Å². The molecule has 0 N–H and O–H groups in total. The average molecular weight is 719 g/mol. The van der Waals surface area contributed by atoms with Crippen LogP contribution in [0.3, 0.4) is 0 Å². The summed E-state index contributed by atoms with van der Waals surface area (Å²) in [5.41, 5.74) is 11.7. The molecule has 2 aromatic heterocycles. The Bertz CT molecular complexity index is 3090. The lowest BCUT2D eigenvalue weighted by Crippen LogP contribution is -2.10. The van der Waals surface area contributed by atoms with Crippen LogP contribution in [0.2, 0.25) is 0 Å². The highest BCUT2D eigenvalue weighted by molar-refractivity contribution is 7.26. The Morgan fingerprint density at radius 1 is 0.345 bits per heavy atom. The summed E-state index contributed by atoms with van der Waals surface area (Å²) in [6.07, 6.45) is 0. The fraction of sp³-hybridized carbons (Fsp3) is 0. The summed E-state index contributed by atoms with van der Waals surface area (Å²) in [6.45, 7) is 0. The minimum absolute atomic E-state index is 1.11. The average Bonchev–Trinajstić information content (AvgIpc) is 3.80. The van der Waals surface area contributed by atoms with Gasteiger partial charge in [-0.15, -0.1) is 11.3 Å². The van der Waals surface area contributed by atoms with E-state index in [0.717, 1.165) is 17.1 Å². The zero-order chi connectivity index (χ0) is 36.3. The molecule has 11 aromatic rings. The van der Waals surface area contributed by atoms with Crippen molar-refractivity contribution in [3.63, 3.8) is 0 Å². The standard InChI is InChI=1S/C52H34N2S/c1-3-12-35(13-4-1)37-22-26-40(27-23-37)53(41-28-24-38(25-29-41)36-14-5-2-6-15-36)42-30-31-47-45(34-42)51-48(32-33-50-52(51)44-19-9-10-21-49(44)55-50)54(47)46-20-11-17-39-16-7-8-18-43(39)46/h1-34H. The molecule has 0 fully saturated rings. The number of nitrogens with zero attached hydrogens (tertiary/aromatic N) is 2. The second-order valence-electron chi connectivity index (χ2n) is 14.1. The molecule has 0 radical (unpaired) electrons. The van der Waals surface area contributed by atoms with Crippen LogP contribution in [0.4, 0.5) is 17.1 Å². The Hall–Kier alpha value is -6.94. The van der Waals surface area contributed by atoms with Gasteiger partial charge in [-0.3, -0.25) is 0 Å². The number of anilines is 3. The van der Waals surface area contributed by atoms with E-state index in [9.17, 15) is 0 Å². The van der Waals surface area contributed by atoms with E-state index in [-0.39, 0.29) is 0 Å². The molecule has 0 saturated heterocycles. The van der Waals surface area contributed by atoms with Crippen molar-refractivity contribution in [2.24, 2.45) is 0 Å². The molecule has 258 valence electrons. The molecule has 0 saturated carbocycles. The summed E-state index contributed by atoms with van der Waals surface area (Å²) in [5, 5.41) is 7.63. The van der Waals surface area contributed by atoms with Crippen molar-refractivity contribution < 1.29 is 0 Å². The molecule has 2 heterocycles. The lowest BCUT2D eigenvalue weighted by atomic mass is 10.0. The summed E-state index contributed by atoms with van der Waals surface area (Å²) < 4.78 is 5.10. The molecular weight excluding hydrogens is 685 g/mol. The largest absolute Gasteiger partial charge is 0.310 e. The van der Waals surface area contributed by atoms with Crippen LogP contribution >= 0.6 is 11.3 Å². The van der Waals surface area contributed by atoms with Crippen molar-refractivity contribution in [1.29, 1.82) is 0 Å². The van der Waals surface area contributed by atoms with E-state index in [1.807, 2.05) is 11.3 Å². The van der Waals surface area contributed by atoms with E-state index in [1.165, 1.54) is 80.7 Å². The van der Waals surface area contributed by atoms with Gasteiger partial charge in [0, 0.05) is 53.4 Å². The first-order chi connectivity index (χ1) is 27.3. The number of rotatable bonds is 6. The molecule has 0 amide bonds. The van der Waals surface area contributed by atoms with Gasteiger partial charge in [0.15, 0.2) is 0 Å². The van der Waals surface area contributed by atoms with Gasteiger partial charge in [-0.2, -0.15) is 0 Å². The number of hydrogen-bond acceptors (Lipinski definition) is 2. The first-order valence-corrected chi connectivity index (χ1v) is 19.6. The Kier molecular flexibility index (Phi) is 7.39. The molecular formula is C52H34N2S. The smallest absolute Gasteiger partial charge is 0.0548 e. The number of benzene rings is 9. The van der Waals surface area contributed by atoms with Gasteiger partial charge in [-0.05, 0) is 94.4 Å². The molecule has 0 aliphatic heterocycles. The van der Waals surface area contributed by atoms with Crippen molar-refractivity contribution in [2.75, 3.05) is 4.90 Å². The predicted molar refractivity (Wildman–Crippen MR) is 237 cm³/mol. The molecule has 0 aliphatic carbocycles. The number of fused-ring (bicyclic) bond motifs is 8. The van der Waals surface area contributed by atoms with Gasteiger partial charge in [0.2, 0.25) is 0 Å². The number of thiophene rings is 1. The summed E-state index contributed by atoms with van der Waals surface area (Å²) in [5.74, 6) is 0. The van der Waals surface area contributed by atoms with E-state index in [0.29, 0.717) is 0 Å². The monoisotopic (exact) mass is 718 g/mol. The third kappa shape index (κ3) is 5.24. The highest BCUT2D eigenvalue weighted by atomic mass is 32.1. The van der Waals surface area contributed by atoms with Gasteiger partial charge in [-0.1, -0.05) is 140 Å². The highest BCUT2D eigenvalue weighted by Crippen LogP contribution is 2.46. The Morgan fingerprint density at radius 3 is 1.58 bits per heavy atom. The molecule has 2 nitrogen and oxygen atoms in total. The molecule has 0 aliphatic rings. The molecule has 0 atom stereocenters. The molecule has 0 unspecified atom stereocenters. The molecule has 11 rings (SSSR count). The minimum atomic E-state index is 1.11. The fourth-order valence-electron chi connectivity index (χ4n) is 8.43. The van der Waals surface area contributed by atoms with Gasteiger partial charge >= 0.3 is 0 Å². The molecule has 0 bridgehead atoms. The normalized spacial score (nSPS) is 11.6. The van der Waals surface area contributed by atoms with Gasteiger partial charge in [0.25, 0.3) is 0 Å². The number of aromatic nitrogens is 1. The minimum Gasteiger partial charge on any atom is -0.310 e. The maximum absolute atomic E-state index is 2.48. The summed E-state index contributed by atoms with van der Waals surface area (Å²) in [6, 6.07) is 75.1. The lowest BCUT2D eigenvalue weighted by Gasteiger charge is -2.26. The van der Waals surface area contributed by atoms with Crippen LogP contribution in [-0.2, 0) is 0 Å². The van der Waals surface area contributed by atoms with Gasteiger partial charge < -0.3 is 9.47 Å². The van der Waals surface area contributed by atoms with Crippen LogP contribution in [0.5, 0.6) is 0 Å². The lowest BCUT2D eigenvalue weighted by molar-refractivity contribution is 1.20. The van der Waals surface area contributed by atoms with E-state index in [4.69, 9.17) is 0 Å². The van der Waals surface area contributed by atoms with Crippen molar-refractivity contribution in [3.8, 4) is 27.9 Å². The molecule has 0 spiro atoms. The predicted octanol–water partition coefficient (Wildman–Crippen LogP) is 15.1. The van der Waals surface area contributed by atoms with Crippen LogP contribution < -0.4 is 4.90 Å². The summed E-state index contributed by atoms with van der Waals surface area (Å²) in [7, 11) is 0. The van der Waals surface area contributed by atoms with Crippen LogP contribution in [0, 0.1) is 0 Å². The zero-order valence-corrected chi connectivity index (χ0v) is 30.7. The first kappa shape index (κ1) is 31.6. The van der Waals surface area contributed by atoms with Crippen LogP contribution in [-0.4, -0.2) is 4.57 Å². The van der Waals surface area contributed by atoms with Crippen molar-refractivity contribution in [3.05, 3.63) is 206 Å². The molecule has 3 heteroatoms. The maximum atomic E-state index is 2.48. The van der Waals surface area contributed by atoms with Gasteiger partial charge in [-0.25, -0.2) is 0 Å². The fourth-order valence-corrected chi connectivity index (χ4v) is 9.54. The summed E-state index contributed by atoms with van der Waals surface area (Å²) >= 11 is 1.88. The topological polar surface area (TPSA) is 8.17 Å². The molecule has 9 aromatic carbocycles.